The van der Waals surface area contributed by atoms with Crippen molar-refractivity contribution in [1.82, 2.24) is 10.3 Å². The zero-order chi connectivity index (χ0) is 24.6. The molecule has 36 heavy (non-hydrogen) atoms. The average Bonchev–Trinajstić information content (AvgIpc) is 3.26. The third-order valence-electron chi connectivity index (χ3n) is 6.47. The van der Waals surface area contributed by atoms with Gasteiger partial charge < -0.3 is 0 Å². The first-order valence-electron chi connectivity index (χ1n) is 11.9. The summed E-state index contributed by atoms with van der Waals surface area (Å²) < 4.78 is 13.7. The summed E-state index contributed by atoms with van der Waals surface area (Å²) in [6, 6.07) is 17.6. The van der Waals surface area contributed by atoms with Crippen molar-refractivity contribution < 1.29 is 19.1 Å². The number of aromatic nitrogens is 1. The van der Waals surface area contributed by atoms with Gasteiger partial charge in [0.25, 0.3) is 0 Å². The molecule has 0 aliphatic carbocycles. The van der Waals surface area contributed by atoms with Crippen molar-refractivity contribution in [3.8, 4) is 11.5 Å². The molecule has 9 heteroatoms. The van der Waals surface area contributed by atoms with Gasteiger partial charge in [0, 0.05) is 0 Å². The molecule has 2 aromatic heterocycles. The van der Waals surface area contributed by atoms with E-state index in [0.717, 1.165) is 53.9 Å². The first kappa shape index (κ1) is 23.4. The summed E-state index contributed by atoms with van der Waals surface area (Å²) in [5.74, 6) is 1.33. The monoisotopic (exact) mass is 606 g/mol. The van der Waals surface area contributed by atoms with E-state index in [1.807, 2.05) is 61.5 Å². The molecule has 4 aromatic rings. The third-order valence-corrected chi connectivity index (χ3v) is 15.1. The van der Waals surface area contributed by atoms with Gasteiger partial charge in [-0.1, -0.05) is 0 Å². The molecule has 7 nitrogen and oxygen atoms in total. The fraction of sp³-hybridized carbons (Fsp3) is 0.222. The van der Waals surface area contributed by atoms with Crippen LogP contribution >= 0.6 is 11.3 Å². The number of ether oxygens (including phenoxy) is 2. The fourth-order valence-electron chi connectivity index (χ4n) is 4.79. The number of rotatable bonds is 5. The van der Waals surface area contributed by atoms with Crippen LogP contribution in [0.1, 0.15) is 28.1 Å². The molecule has 0 spiro atoms. The van der Waals surface area contributed by atoms with Gasteiger partial charge in [0.05, 0.1) is 0 Å². The summed E-state index contributed by atoms with van der Waals surface area (Å²) >= 11 is -1.69. The zero-order valence-electron chi connectivity index (χ0n) is 19.7. The first-order chi connectivity index (χ1) is 17.6. The maximum atomic E-state index is 13.6. The molecule has 2 aliphatic rings. The van der Waals surface area contributed by atoms with Gasteiger partial charge in [0.2, 0.25) is 0 Å². The van der Waals surface area contributed by atoms with Gasteiger partial charge in [0.15, 0.2) is 0 Å². The summed E-state index contributed by atoms with van der Waals surface area (Å²) in [7, 11) is 0. The molecule has 2 amide bonds. The Morgan fingerprint density at radius 1 is 1.17 bits per heavy atom. The topological polar surface area (TPSA) is 89.5 Å². The molecule has 2 N–H and O–H groups in total. The van der Waals surface area contributed by atoms with Crippen LogP contribution in [0.3, 0.4) is 0 Å². The second kappa shape index (κ2) is 9.83. The van der Waals surface area contributed by atoms with Gasteiger partial charge >= 0.3 is 220 Å². The molecule has 2 aliphatic heterocycles. The van der Waals surface area contributed by atoms with E-state index >= 15 is 0 Å². The van der Waals surface area contributed by atoms with Crippen molar-refractivity contribution in [3.63, 3.8) is 0 Å². The van der Waals surface area contributed by atoms with Crippen LogP contribution < -0.4 is 22.5 Å². The van der Waals surface area contributed by atoms with Crippen LogP contribution in [0.4, 0.5) is 10.5 Å². The average molecular weight is 605 g/mol. The van der Waals surface area contributed by atoms with E-state index in [-0.39, 0.29) is 15.9 Å². The quantitative estimate of drug-likeness (QED) is 0.336. The Bertz CT molecular complexity index is 1470. The minimum absolute atomic E-state index is 0.0133. The third kappa shape index (κ3) is 4.38. The Hall–Kier alpha value is -2.95. The normalized spacial score (nSPS) is 17.1. The zero-order valence-corrected chi connectivity index (χ0v) is 23.3. The van der Waals surface area contributed by atoms with Crippen LogP contribution in [0.5, 0.6) is 11.5 Å². The molecule has 1 saturated heterocycles. The number of nitrogens with one attached hydrogen (secondary N) is 2. The van der Waals surface area contributed by atoms with E-state index in [1.165, 1.54) is 11.3 Å². The molecule has 0 saturated carbocycles. The number of pyridine rings is 1. The van der Waals surface area contributed by atoms with Crippen molar-refractivity contribution in [3.05, 3.63) is 71.2 Å². The number of nitrogens with zero attached hydrogens (tertiary/aromatic N) is 1. The van der Waals surface area contributed by atoms with Crippen molar-refractivity contribution >= 4 is 64.0 Å². The number of thiophene rings is 1. The van der Waals surface area contributed by atoms with Crippen LogP contribution in [-0.4, -0.2) is 53.8 Å². The van der Waals surface area contributed by atoms with Crippen LogP contribution in [0.25, 0.3) is 10.2 Å². The van der Waals surface area contributed by atoms with E-state index in [4.69, 9.17) is 9.47 Å². The number of carbonyl (C=O) groups is 2. The van der Waals surface area contributed by atoms with Crippen molar-refractivity contribution in [2.45, 2.75) is 25.8 Å². The molecular weight excluding hydrogens is 581 g/mol. The molecule has 6 rings (SSSR count). The van der Waals surface area contributed by atoms with Gasteiger partial charge in [-0.15, -0.1) is 0 Å². The number of hydrogen-bond acceptors (Lipinski definition) is 6. The standard InChI is InChI=1S/C14H13N3O3S.C13H11O.Sn/c18-8-16-11-10-4-1-5-15-14(10)21-12(11)13(19)17-9-3-2-6-20-7-9;1-11-6-5-9-13(10-11)14-12-7-3-2-4-8-12;/h1,5,9H,2-3,6-7H2,(H,16,18)(H,17,19);2-5,7-10H,1H3;/q;;+1/t9-;;/m0../s1. The van der Waals surface area contributed by atoms with Gasteiger partial charge in [-0.25, -0.2) is 0 Å². The molecule has 0 radical (unpaired) electrons. The molecule has 0 unspecified atom stereocenters. The Morgan fingerprint density at radius 3 is 2.81 bits per heavy atom. The fourth-order valence-corrected chi connectivity index (χ4v) is 13.2. The molecule has 180 valence electrons. The van der Waals surface area contributed by atoms with E-state index in [2.05, 4.69) is 15.6 Å². The number of amides is 2. The second-order valence-electron chi connectivity index (χ2n) is 8.95. The molecule has 0 bridgehead atoms. The Morgan fingerprint density at radius 2 is 2.03 bits per heavy atom. The predicted octanol–water partition coefficient (Wildman–Crippen LogP) is 4.04. The Labute approximate surface area is 219 Å². The van der Waals surface area contributed by atoms with Gasteiger partial charge in [-0.3, -0.25) is 0 Å². The number of anilines is 1. The Kier molecular flexibility index (Phi) is 6.41. The second-order valence-corrected chi connectivity index (χ2v) is 16.5. The molecule has 1 fully saturated rings. The first-order valence-corrected chi connectivity index (χ1v) is 17.0. The van der Waals surface area contributed by atoms with Gasteiger partial charge in [0.1, 0.15) is 0 Å². The van der Waals surface area contributed by atoms with E-state index in [1.54, 1.807) is 6.20 Å². The Balaban J connectivity index is 1.34. The summed E-state index contributed by atoms with van der Waals surface area (Å²) in [5, 5.41) is 7.12. The van der Waals surface area contributed by atoms with Gasteiger partial charge in [-0.2, -0.15) is 0 Å². The molecule has 4 heterocycles. The van der Waals surface area contributed by atoms with Crippen molar-refractivity contribution in [2.24, 2.45) is 0 Å². The number of benzene rings is 2. The van der Waals surface area contributed by atoms with Crippen LogP contribution in [0.2, 0.25) is 0 Å². The number of hydrogen-bond donors (Lipinski definition) is 2. The predicted molar refractivity (Wildman–Crippen MR) is 143 cm³/mol. The summed E-state index contributed by atoms with van der Waals surface area (Å²) in [6.07, 6.45) is 3.58. The number of para-hydroxylation sites is 1. The molecule has 1 atom stereocenters. The molecular formula is C27H24N3O4SSn+. The maximum absolute atomic E-state index is 13.6. The number of carbonyl (C=O) groups excluding carboxylic acids is 2. The summed E-state index contributed by atoms with van der Waals surface area (Å²) in [6.45, 7) is 3.28. The van der Waals surface area contributed by atoms with Crippen molar-refractivity contribution in [2.75, 3.05) is 18.5 Å². The SMILES string of the molecule is Cc1cc(Oc2ccccc2)cc[c]1[Sn+]1[C](=O)Nc2c(C(=O)N[C@H]3CCCOC3)sc3ncc[c]1c23. The van der Waals surface area contributed by atoms with Crippen LogP contribution in [0.15, 0.2) is 60.8 Å². The van der Waals surface area contributed by atoms with Crippen molar-refractivity contribution in [1.29, 1.82) is 0 Å². The minimum atomic E-state index is -3.03. The van der Waals surface area contributed by atoms with Crippen LogP contribution in [0, 0.1) is 6.92 Å². The van der Waals surface area contributed by atoms with Crippen LogP contribution in [-0.2, 0) is 4.74 Å². The molecule has 2 aromatic carbocycles. The van der Waals surface area contributed by atoms with E-state index in [9.17, 15) is 9.59 Å². The number of aryl methyl sites for hydroxylation is 1. The van der Waals surface area contributed by atoms with Gasteiger partial charge in [-0.05, 0) is 0 Å². The van der Waals surface area contributed by atoms with E-state index < -0.39 is 19.8 Å². The van der Waals surface area contributed by atoms with E-state index in [0.29, 0.717) is 17.2 Å². The summed E-state index contributed by atoms with van der Waals surface area (Å²) in [5.41, 5.74) is 1.63. The summed E-state index contributed by atoms with van der Waals surface area (Å²) in [4.78, 5) is 32.6.